The van der Waals surface area contributed by atoms with Gasteiger partial charge in [-0.3, -0.25) is 9.78 Å². The van der Waals surface area contributed by atoms with Gasteiger partial charge in [0.25, 0.3) is 0 Å². The molecular formula is C28H22N4O3. The molecule has 0 saturated heterocycles. The Morgan fingerprint density at radius 1 is 0.857 bits per heavy atom. The van der Waals surface area contributed by atoms with E-state index in [0.29, 0.717) is 11.3 Å². The molecule has 7 nitrogen and oxygen atoms in total. The third-order valence-corrected chi connectivity index (χ3v) is 5.62. The smallest absolute Gasteiger partial charge is 0.405 e. The number of anilines is 1. The van der Waals surface area contributed by atoms with Crippen molar-refractivity contribution >= 4 is 17.7 Å². The normalized spacial score (nSPS) is 11.3. The van der Waals surface area contributed by atoms with Gasteiger partial charge in [-0.2, -0.15) is 5.26 Å². The molecule has 35 heavy (non-hydrogen) atoms. The zero-order valence-corrected chi connectivity index (χ0v) is 18.6. The van der Waals surface area contributed by atoms with Crippen LogP contribution in [0.15, 0.2) is 103 Å². The number of hydrogen-bond donors (Lipinski definition) is 3. The lowest BCUT2D eigenvalue weighted by molar-refractivity contribution is -0.118. The van der Waals surface area contributed by atoms with Gasteiger partial charge in [0, 0.05) is 29.6 Å². The third kappa shape index (κ3) is 5.52. The number of nitrogens with one attached hydrogen (secondary N) is 2. The molecule has 1 aromatic heterocycles. The van der Waals surface area contributed by atoms with Gasteiger partial charge in [0.1, 0.15) is 12.1 Å². The van der Waals surface area contributed by atoms with E-state index in [1.165, 1.54) is 6.20 Å². The quantitative estimate of drug-likeness (QED) is 0.356. The Kier molecular flexibility index (Phi) is 7.14. The minimum Gasteiger partial charge on any atom is -0.465 e. The number of rotatable bonds is 7. The molecule has 0 bridgehead atoms. The number of carbonyl (C=O) groups is 2. The number of carboxylic acid groups (broad SMARTS) is 1. The van der Waals surface area contributed by atoms with Gasteiger partial charge in [0.05, 0.1) is 5.56 Å². The van der Waals surface area contributed by atoms with Crippen molar-refractivity contribution in [2.75, 3.05) is 5.32 Å². The third-order valence-electron chi connectivity index (χ3n) is 5.62. The minimum atomic E-state index is -1.29. The number of carbonyl (C=O) groups excluding carboxylic acids is 1. The Morgan fingerprint density at radius 2 is 1.46 bits per heavy atom. The maximum atomic E-state index is 13.4. The van der Waals surface area contributed by atoms with E-state index in [1.807, 2.05) is 60.7 Å². The predicted octanol–water partition coefficient (Wildman–Crippen LogP) is 5.03. The number of nitrogens with zero attached hydrogens (tertiary/aromatic N) is 2. The van der Waals surface area contributed by atoms with Crippen LogP contribution >= 0.6 is 0 Å². The molecule has 0 saturated carbocycles. The molecule has 7 heteroatoms. The summed E-state index contributed by atoms with van der Waals surface area (Å²) in [4.78, 5) is 29.0. The molecule has 0 aliphatic heterocycles. The first-order valence-corrected chi connectivity index (χ1v) is 10.9. The van der Waals surface area contributed by atoms with Gasteiger partial charge in [0.15, 0.2) is 0 Å². The van der Waals surface area contributed by atoms with Crippen LogP contribution in [0.1, 0.15) is 22.6 Å². The average molecular weight is 463 g/mol. The van der Waals surface area contributed by atoms with E-state index < -0.39 is 24.0 Å². The van der Waals surface area contributed by atoms with Crippen molar-refractivity contribution in [1.82, 2.24) is 10.3 Å². The summed E-state index contributed by atoms with van der Waals surface area (Å²) in [7, 11) is 0. The van der Waals surface area contributed by atoms with Crippen LogP contribution in [0.5, 0.6) is 0 Å². The van der Waals surface area contributed by atoms with E-state index in [-0.39, 0.29) is 0 Å². The van der Waals surface area contributed by atoms with E-state index in [4.69, 9.17) is 0 Å². The molecular weight excluding hydrogens is 440 g/mol. The zero-order chi connectivity index (χ0) is 24.6. The molecule has 4 aromatic rings. The van der Waals surface area contributed by atoms with Crippen LogP contribution < -0.4 is 10.6 Å². The predicted molar refractivity (Wildman–Crippen MR) is 133 cm³/mol. The first-order valence-electron chi connectivity index (χ1n) is 10.9. The van der Waals surface area contributed by atoms with Crippen molar-refractivity contribution in [3.8, 4) is 17.2 Å². The van der Waals surface area contributed by atoms with Crippen molar-refractivity contribution in [3.05, 3.63) is 120 Å². The molecule has 2 amide bonds. The van der Waals surface area contributed by atoms with E-state index in [2.05, 4.69) is 21.7 Å². The molecule has 1 atom stereocenters. The number of pyridine rings is 1. The van der Waals surface area contributed by atoms with Crippen LogP contribution in [0.4, 0.5) is 10.5 Å². The minimum absolute atomic E-state index is 0.448. The monoisotopic (exact) mass is 462 g/mol. The van der Waals surface area contributed by atoms with Crippen molar-refractivity contribution in [3.63, 3.8) is 0 Å². The van der Waals surface area contributed by atoms with Crippen LogP contribution in [0.25, 0.3) is 11.1 Å². The van der Waals surface area contributed by atoms with Crippen LogP contribution in [0.2, 0.25) is 0 Å². The van der Waals surface area contributed by atoms with Gasteiger partial charge in [-0.25, -0.2) is 4.79 Å². The number of aromatic nitrogens is 1. The maximum Gasteiger partial charge on any atom is 0.405 e. The van der Waals surface area contributed by atoms with Crippen molar-refractivity contribution in [1.29, 1.82) is 5.26 Å². The highest BCUT2D eigenvalue weighted by Crippen LogP contribution is 2.30. The first kappa shape index (κ1) is 23.2. The molecule has 0 radical (unpaired) electrons. The lowest BCUT2D eigenvalue weighted by atomic mass is 9.84. The maximum absolute atomic E-state index is 13.4. The average Bonchev–Trinajstić information content (AvgIpc) is 2.90. The molecule has 1 unspecified atom stereocenters. The summed E-state index contributed by atoms with van der Waals surface area (Å²) in [5.74, 6) is -1.03. The highest BCUT2D eigenvalue weighted by atomic mass is 16.4. The van der Waals surface area contributed by atoms with Crippen LogP contribution in [0, 0.1) is 11.3 Å². The Balaban J connectivity index is 1.64. The summed E-state index contributed by atoms with van der Waals surface area (Å²) < 4.78 is 0. The van der Waals surface area contributed by atoms with Crippen LogP contribution in [0.3, 0.4) is 0 Å². The fourth-order valence-electron chi connectivity index (χ4n) is 4.02. The highest BCUT2D eigenvalue weighted by Gasteiger charge is 2.32. The van der Waals surface area contributed by atoms with Crippen molar-refractivity contribution < 1.29 is 14.7 Å². The SMILES string of the molecule is N#Cc1cnccc1-c1ccc(NC(=O)C(NC(=O)O)C(c2ccccc2)c2ccccc2)cc1. The molecule has 3 N–H and O–H groups in total. The number of benzene rings is 3. The second-order valence-corrected chi connectivity index (χ2v) is 7.83. The molecule has 0 spiro atoms. The second-order valence-electron chi connectivity index (χ2n) is 7.83. The molecule has 4 rings (SSSR count). The Hall–Kier alpha value is -4.96. The fourth-order valence-corrected chi connectivity index (χ4v) is 4.02. The number of amides is 2. The fraction of sp³-hybridized carbons (Fsp3) is 0.0714. The highest BCUT2D eigenvalue weighted by molar-refractivity contribution is 5.97. The van der Waals surface area contributed by atoms with E-state index in [9.17, 15) is 20.0 Å². The van der Waals surface area contributed by atoms with Gasteiger partial charge in [0.2, 0.25) is 5.91 Å². The van der Waals surface area contributed by atoms with Gasteiger partial charge in [-0.05, 0) is 34.9 Å². The molecule has 172 valence electrons. The first-order chi connectivity index (χ1) is 17.1. The van der Waals surface area contributed by atoms with E-state index in [1.54, 1.807) is 36.5 Å². The summed E-state index contributed by atoms with van der Waals surface area (Å²) >= 11 is 0. The number of hydrogen-bond acceptors (Lipinski definition) is 4. The molecule has 1 heterocycles. The summed E-state index contributed by atoms with van der Waals surface area (Å²) in [5, 5.41) is 24.1. The molecule has 0 aliphatic carbocycles. The lowest BCUT2D eigenvalue weighted by Gasteiger charge is -2.27. The van der Waals surface area contributed by atoms with Crippen LogP contribution in [-0.4, -0.2) is 28.1 Å². The van der Waals surface area contributed by atoms with Gasteiger partial charge in [-0.1, -0.05) is 72.8 Å². The van der Waals surface area contributed by atoms with Gasteiger partial charge < -0.3 is 15.7 Å². The summed E-state index contributed by atoms with van der Waals surface area (Å²) in [6.45, 7) is 0. The Bertz CT molecular complexity index is 1310. The standard InChI is InChI=1S/C28H22N4O3/c29-17-22-18-30-16-15-24(22)19-11-13-23(14-12-19)31-27(33)26(32-28(34)35)25(20-7-3-1-4-8-20)21-9-5-2-6-10-21/h1-16,18,25-26,32H,(H,31,33)(H,34,35). The Labute approximate surface area is 202 Å². The molecule has 0 fully saturated rings. The summed E-state index contributed by atoms with van der Waals surface area (Å²) in [6.07, 6.45) is 1.82. The van der Waals surface area contributed by atoms with Crippen molar-refractivity contribution in [2.24, 2.45) is 0 Å². The number of nitriles is 1. The largest absolute Gasteiger partial charge is 0.465 e. The van der Waals surface area contributed by atoms with Gasteiger partial charge >= 0.3 is 6.09 Å². The summed E-state index contributed by atoms with van der Waals surface area (Å²) in [5.41, 5.74) is 4.11. The topological polar surface area (TPSA) is 115 Å². The molecule has 0 aliphatic rings. The summed E-state index contributed by atoms with van der Waals surface area (Å²) in [6, 6.07) is 28.5. The van der Waals surface area contributed by atoms with E-state index in [0.717, 1.165) is 22.3 Å². The van der Waals surface area contributed by atoms with Gasteiger partial charge in [-0.15, -0.1) is 0 Å². The Morgan fingerprint density at radius 3 is 2.00 bits per heavy atom. The van der Waals surface area contributed by atoms with E-state index >= 15 is 0 Å². The second kappa shape index (κ2) is 10.8. The zero-order valence-electron chi connectivity index (χ0n) is 18.6. The van der Waals surface area contributed by atoms with Crippen LogP contribution in [-0.2, 0) is 4.79 Å². The molecule has 3 aromatic carbocycles. The lowest BCUT2D eigenvalue weighted by Crippen LogP contribution is -2.47. The van der Waals surface area contributed by atoms with Crippen molar-refractivity contribution in [2.45, 2.75) is 12.0 Å².